The van der Waals surface area contributed by atoms with E-state index in [1.807, 2.05) is 0 Å². The average molecular weight is 296 g/mol. The molecule has 2 N–H and O–H groups in total. The van der Waals surface area contributed by atoms with E-state index in [4.69, 9.17) is 16.7 Å². The molecule has 2 atom stereocenters. The number of carboxylic acids is 1. The Hall–Kier alpha value is -1.85. The fourth-order valence-corrected chi connectivity index (χ4v) is 2.36. The first-order chi connectivity index (χ1) is 9.49. The van der Waals surface area contributed by atoms with E-state index in [-0.39, 0.29) is 13.0 Å². The van der Waals surface area contributed by atoms with Crippen molar-refractivity contribution >= 4 is 29.6 Å². The summed E-state index contributed by atoms with van der Waals surface area (Å²) in [5.74, 6) is -1.56. The van der Waals surface area contributed by atoms with Crippen molar-refractivity contribution in [2.45, 2.75) is 18.6 Å². The van der Waals surface area contributed by atoms with E-state index in [9.17, 15) is 14.7 Å². The molecule has 106 valence electrons. The van der Waals surface area contributed by atoms with E-state index in [2.05, 4.69) is 0 Å². The Morgan fingerprint density at radius 2 is 2.05 bits per heavy atom. The average Bonchev–Trinajstić information content (AvgIpc) is 2.80. The van der Waals surface area contributed by atoms with Gasteiger partial charge in [0.25, 0.3) is 0 Å². The van der Waals surface area contributed by atoms with Crippen LogP contribution in [-0.4, -0.2) is 45.7 Å². The Balaban J connectivity index is 2.12. The zero-order valence-electron chi connectivity index (χ0n) is 10.6. The van der Waals surface area contributed by atoms with Gasteiger partial charge in [0.05, 0.1) is 6.10 Å². The van der Waals surface area contributed by atoms with E-state index >= 15 is 0 Å². The van der Waals surface area contributed by atoms with Gasteiger partial charge in [0.15, 0.2) is 0 Å². The first-order valence-electron chi connectivity index (χ1n) is 6.13. The largest absolute Gasteiger partial charge is 0.480 e. The number of aliphatic hydroxyl groups excluding tert-OH is 1. The minimum atomic E-state index is -1.11. The molecule has 1 heterocycles. The first kappa shape index (κ1) is 14.6. The molecule has 1 aromatic rings. The summed E-state index contributed by atoms with van der Waals surface area (Å²) in [7, 11) is 0. The lowest BCUT2D eigenvalue weighted by molar-refractivity contribution is -0.146. The number of carbonyl (C=O) groups excluding carboxylic acids is 1. The zero-order valence-corrected chi connectivity index (χ0v) is 11.3. The number of aliphatic hydroxyl groups is 1. The van der Waals surface area contributed by atoms with Gasteiger partial charge >= 0.3 is 5.97 Å². The van der Waals surface area contributed by atoms with Crippen LogP contribution >= 0.6 is 11.6 Å². The monoisotopic (exact) mass is 295 g/mol. The van der Waals surface area contributed by atoms with Crippen LogP contribution in [0.1, 0.15) is 12.0 Å². The highest BCUT2D eigenvalue weighted by atomic mass is 35.5. The van der Waals surface area contributed by atoms with Crippen LogP contribution < -0.4 is 0 Å². The van der Waals surface area contributed by atoms with Gasteiger partial charge < -0.3 is 15.1 Å². The van der Waals surface area contributed by atoms with Gasteiger partial charge in [-0.25, -0.2) is 4.79 Å². The van der Waals surface area contributed by atoms with E-state index in [1.54, 1.807) is 24.3 Å². The van der Waals surface area contributed by atoms with E-state index in [0.717, 1.165) is 4.90 Å². The Morgan fingerprint density at radius 3 is 2.70 bits per heavy atom. The van der Waals surface area contributed by atoms with Gasteiger partial charge in [-0.15, -0.1) is 0 Å². The molecule has 1 aliphatic heterocycles. The summed E-state index contributed by atoms with van der Waals surface area (Å²) in [5.41, 5.74) is 0.675. The molecule has 0 spiro atoms. The molecule has 0 bridgehead atoms. The molecule has 1 aliphatic rings. The summed E-state index contributed by atoms with van der Waals surface area (Å²) in [5, 5.41) is 19.0. The number of nitrogens with zero attached hydrogens (tertiary/aromatic N) is 1. The quantitative estimate of drug-likeness (QED) is 0.826. The molecule has 1 fully saturated rings. The number of amides is 1. The van der Waals surface area contributed by atoms with Crippen molar-refractivity contribution < 1.29 is 19.8 Å². The number of halogens is 1. The number of hydrogen-bond acceptors (Lipinski definition) is 3. The lowest BCUT2D eigenvalue weighted by Crippen LogP contribution is -2.39. The Labute approximate surface area is 121 Å². The second kappa shape index (κ2) is 6.07. The molecule has 1 saturated heterocycles. The molecule has 0 aliphatic carbocycles. The molecular formula is C14H14ClNO4. The van der Waals surface area contributed by atoms with Crippen molar-refractivity contribution in [2.24, 2.45) is 0 Å². The van der Waals surface area contributed by atoms with Crippen LogP contribution in [0.4, 0.5) is 0 Å². The number of aliphatic carboxylic acids is 1. The summed E-state index contributed by atoms with van der Waals surface area (Å²) in [6, 6.07) is 6.04. The third-order valence-electron chi connectivity index (χ3n) is 3.16. The van der Waals surface area contributed by atoms with Crippen molar-refractivity contribution in [3.8, 4) is 0 Å². The second-order valence-electron chi connectivity index (χ2n) is 4.59. The third-order valence-corrected chi connectivity index (χ3v) is 3.50. The molecule has 6 heteroatoms. The standard InChI is InChI=1S/C14H14ClNO4/c15-11-4-2-1-3-9(11)5-6-13(18)16-8-10(17)7-12(16)14(19)20/h1-6,10,12,17H,7-8H2,(H,19,20)/b6-5+/t10?,12-/m0/s1. The normalized spacial score (nSPS) is 22.4. The van der Waals surface area contributed by atoms with Gasteiger partial charge in [-0.05, 0) is 17.7 Å². The lowest BCUT2D eigenvalue weighted by Gasteiger charge is -2.19. The van der Waals surface area contributed by atoms with Gasteiger partial charge in [-0.2, -0.15) is 0 Å². The first-order valence-corrected chi connectivity index (χ1v) is 6.51. The number of likely N-dealkylation sites (tertiary alicyclic amines) is 1. The predicted molar refractivity (Wildman–Crippen MR) is 74.2 cm³/mol. The third kappa shape index (κ3) is 3.18. The SMILES string of the molecule is O=C(O)[C@@H]1CC(O)CN1C(=O)/C=C/c1ccccc1Cl. The molecule has 5 nitrogen and oxygen atoms in total. The smallest absolute Gasteiger partial charge is 0.326 e. The number of carboxylic acid groups (broad SMARTS) is 1. The summed E-state index contributed by atoms with van der Waals surface area (Å²) in [4.78, 5) is 24.2. The Bertz CT molecular complexity index is 558. The van der Waals surface area contributed by atoms with E-state index in [0.29, 0.717) is 10.6 Å². The predicted octanol–water partition coefficient (Wildman–Crippen LogP) is 1.40. The van der Waals surface area contributed by atoms with Gasteiger partial charge in [-0.1, -0.05) is 29.8 Å². The van der Waals surface area contributed by atoms with Crippen LogP contribution in [0.2, 0.25) is 5.02 Å². The second-order valence-corrected chi connectivity index (χ2v) is 5.00. The summed E-state index contributed by atoms with van der Waals surface area (Å²) >= 11 is 5.96. The van der Waals surface area contributed by atoms with Crippen LogP contribution in [0.25, 0.3) is 6.08 Å². The van der Waals surface area contributed by atoms with Crippen molar-refractivity contribution in [3.05, 3.63) is 40.9 Å². The van der Waals surface area contributed by atoms with Crippen molar-refractivity contribution in [1.82, 2.24) is 4.90 Å². The lowest BCUT2D eigenvalue weighted by atomic mass is 10.2. The van der Waals surface area contributed by atoms with Crippen molar-refractivity contribution in [3.63, 3.8) is 0 Å². The summed E-state index contributed by atoms with van der Waals surface area (Å²) < 4.78 is 0. The molecule has 2 rings (SSSR count). The molecule has 20 heavy (non-hydrogen) atoms. The zero-order chi connectivity index (χ0) is 14.7. The number of β-amino-alcohol motifs (C(OH)–C–C–N with tert-alkyl or cyclic N) is 1. The molecular weight excluding hydrogens is 282 g/mol. The van der Waals surface area contributed by atoms with E-state index in [1.165, 1.54) is 12.2 Å². The van der Waals surface area contributed by atoms with Crippen LogP contribution in [0, 0.1) is 0 Å². The topological polar surface area (TPSA) is 77.8 Å². The molecule has 1 amide bonds. The Kier molecular flexibility index (Phi) is 4.42. The number of rotatable bonds is 3. The van der Waals surface area contributed by atoms with Crippen LogP contribution in [0.3, 0.4) is 0 Å². The van der Waals surface area contributed by atoms with Gasteiger partial charge in [0.1, 0.15) is 6.04 Å². The fourth-order valence-electron chi connectivity index (χ4n) is 2.16. The number of carbonyl (C=O) groups is 2. The fraction of sp³-hybridized carbons (Fsp3) is 0.286. The van der Waals surface area contributed by atoms with Gasteiger partial charge in [0, 0.05) is 24.1 Å². The summed E-state index contributed by atoms with van der Waals surface area (Å²) in [6.45, 7) is 0.0304. The molecule has 0 aromatic heterocycles. The summed E-state index contributed by atoms with van der Waals surface area (Å²) in [6.07, 6.45) is 2.07. The maximum absolute atomic E-state index is 12.0. The molecule has 1 unspecified atom stereocenters. The highest BCUT2D eigenvalue weighted by molar-refractivity contribution is 6.32. The molecule has 1 aromatic carbocycles. The Morgan fingerprint density at radius 1 is 1.35 bits per heavy atom. The highest BCUT2D eigenvalue weighted by Gasteiger charge is 2.37. The maximum Gasteiger partial charge on any atom is 0.326 e. The number of benzene rings is 1. The van der Waals surface area contributed by atoms with Crippen molar-refractivity contribution in [2.75, 3.05) is 6.54 Å². The van der Waals surface area contributed by atoms with Gasteiger partial charge in [0.2, 0.25) is 5.91 Å². The minimum absolute atomic E-state index is 0.0304. The van der Waals surface area contributed by atoms with E-state index < -0.39 is 24.0 Å². The molecule has 0 radical (unpaired) electrons. The van der Waals surface area contributed by atoms with Crippen molar-refractivity contribution in [1.29, 1.82) is 0 Å². The van der Waals surface area contributed by atoms with Crippen LogP contribution in [-0.2, 0) is 9.59 Å². The number of hydrogen-bond donors (Lipinski definition) is 2. The van der Waals surface area contributed by atoms with Gasteiger partial charge in [-0.3, -0.25) is 4.79 Å². The van der Waals surface area contributed by atoms with Crippen LogP contribution in [0.15, 0.2) is 30.3 Å². The van der Waals surface area contributed by atoms with Crippen LogP contribution in [0.5, 0.6) is 0 Å². The molecule has 0 saturated carbocycles. The maximum atomic E-state index is 12.0. The highest BCUT2D eigenvalue weighted by Crippen LogP contribution is 2.20. The minimum Gasteiger partial charge on any atom is -0.480 e.